The van der Waals surface area contributed by atoms with Gasteiger partial charge in [-0.3, -0.25) is 9.59 Å². The van der Waals surface area contributed by atoms with E-state index in [1.807, 2.05) is 13.8 Å². The summed E-state index contributed by atoms with van der Waals surface area (Å²) in [6.45, 7) is 3.83. The van der Waals surface area contributed by atoms with Gasteiger partial charge in [0.05, 0.1) is 6.42 Å². The zero-order valence-corrected chi connectivity index (χ0v) is 9.90. The van der Waals surface area contributed by atoms with E-state index < -0.39 is 11.9 Å². The lowest BCUT2D eigenvalue weighted by Gasteiger charge is -2.08. The fraction of sp³-hybridized carbons (Fsp3) is 0.667. The summed E-state index contributed by atoms with van der Waals surface area (Å²) >= 11 is 0. The van der Waals surface area contributed by atoms with E-state index in [0.29, 0.717) is 0 Å². The van der Waals surface area contributed by atoms with Crippen LogP contribution in [0.15, 0.2) is 11.6 Å². The molecule has 0 saturated carbocycles. The highest BCUT2D eigenvalue weighted by atomic mass is 16.4. The predicted octanol–water partition coefficient (Wildman–Crippen LogP) is 2.69. The molecule has 4 heteroatoms. The van der Waals surface area contributed by atoms with E-state index in [-0.39, 0.29) is 18.8 Å². The number of hydrogen-bond acceptors (Lipinski definition) is 2. The van der Waals surface area contributed by atoms with Crippen LogP contribution in [0.2, 0.25) is 0 Å². The smallest absolute Gasteiger partial charge is 0.307 e. The van der Waals surface area contributed by atoms with E-state index in [1.54, 1.807) is 6.08 Å². The Morgan fingerprint density at radius 1 is 1.25 bits per heavy atom. The van der Waals surface area contributed by atoms with Gasteiger partial charge in [-0.1, -0.05) is 18.6 Å². The van der Waals surface area contributed by atoms with Gasteiger partial charge in [0.15, 0.2) is 0 Å². The summed E-state index contributed by atoms with van der Waals surface area (Å²) in [4.78, 5) is 20.7. The molecule has 1 unspecified atom stereocenters. The first-order chi connectivity index (χ1) is 7.41. The molecule has 0 rings (SSSR count). The highest BCUT2D eigenvalue weighted by molar-refractivity contribution is 5.68. The van der Waals surface area contributed by atoms with E-state index >= 15 is 0 Å². The monoisotopic (exact) mass is 228 g/mol. The fourth-order valence-electron chi connectivity index (χ4n) is 1.49. The number of carboxylic acid groups (broad SMARTS) is 2. The molecule has 0 saturated heterocycles. The molecule has 0 amide bonds. The van der Waals surface area contributed by atoms with Crippen LogP contribution in [0.25, 0.3) is 0 Å². The highest BCUT2D eigenvalue weighted by Gasteiger charge is 2.06. The summed E-state index contributed by atoms with van der Waals surface area (Å²) in [5, 5.41) is 17.0. The Kier molecular flexibility index (Phi) is 7.25. The first-order valence-electron chi connectivity index (χ1n) is 5.51. The Hall–Kier alpha value is -1.32. The molecule has 1 atom stereocenters. The van der Waals surface area contributed by atoms with E-state index in [0.717, 1.165) is 24.8 Å². The predicted molar refractivity (Wildman–Crippen MR) is 61.3 cm³/mol. The lowest BCUT2D eigenvalue weighted by Crippen LogP contribution is -2.04. The third kappa shape index (κ3) is 9.24. The zero-order chi connectivity index (χ0) is 12.6. The second-order valence-electron chi connectivity index (χ2n) is 4.24. The molecule has 0 aromatic rings. The first kappa shape index (κ1) is 14.7. The first-order valence-corrected chi connectivity index (χ1v) is 5.51. The van der Waals surface area contributed by atoms with Crippen LogP contribution in [0.5, 0.6) is 0 Å². The number of carbonyl (C=O) groups is 2. The van der Waals surface area contributed by atoms with E-state index in [9.17, 15) is 9.59 Å². The maximum atomic E-state index is 10.4. The van der Waals surface area contributed by atoms with Gasteiger partial charge in [0, 0.05) is 6.42 Å². The number of carboxylic acids is 2. The molecule has 0 aliphatic rings. The number of rotatable bonds is 8. The summed E-state index contributed by atoms with van der Waals surface area (Å²) in [5.74, 6) is -1.39. The minimum absolute atomic E-state index is 0.0660. The lowest BCUT2D eigenvalue weighted by atomic mass is 9.98. The summed E-state index contributed by atoms with van der Waals surface area (Å²) < 4.78 is 0. The van der Waals surface area contributed by atoms with Crippen LogP contribution in [0.1, 0.15) is 46.0 Å². The topological polar surface area (TPSA) is 74.6 Å². The minimum Gasteiger partial charge on any atom is -0.481 e. The van der Waals surface area contributed by atoms with Crippen molar-refractivity contribution in [2.24, 2.45) is 5.92 Å². The Morgan fingerprint density at radius 3 is 2.38 bits per heavy atom. The van der Waals surface area contributed by atoms with Crippen LogP contribution >= 0.6 is 0 Å². The average molecular weight is 228 g/mol. The quantitative estimate of drug-likeness (QED) is 0.626. The molecule has 0 heterocycles. The Labute approximate surface area is 96.0 Å². The maximum absolute atomic E-state index is 10.4. The van der Waals surface area contributed by atoms with Gasteiger partial charge >= 0.3 is 11.9 Å². The molecule has 0 aromatic carbocycles. The van der Waals surface area contributed by atoms with Crippen molar-refractivity contribution in [2.45, 2.75) is 46.0 Å². The third-order valence-corrected chi connectivity index (χ3v) is 2.42. The Bertz CT molecular complexity index is 268. The maximum Gasteiger partial charge on any atom is 0.307 e. The van der Waals surface area contributed by atoms with Crippen molar-refractivity contribution in [3.8, 4) is 0 Å². The van der Waals surface area contributed by atoms with Crippen molar-refractivity contribution >= 4 is 11.9 Å². The molecular weight excluding hydrogens is 208 g/mol. The van der Waals surface area contributed by atoms with Crippen LogP contribution in [0.4, 0.5) is 0 Å². The number of hydrogen-bond donors (Lipinski definition) is 2. The van der Waals surface area contributed by atoms with E-state index in [1.165, 1.54) is 0 Å². The van der Waals surface area contributed by atoms with Gasteiger partial charge in [-0.15, -0.1) is 0 Å². The second kappa shape index (κ2) is 7.91. The molecular formula is C12H20O4. The van der Waals surface area contributed by atoms with Gasteiger partial charge in [0.1, 0.15) is 0 Å². The largest absolute Gasteiger partial charge is 0.481 e. The van der Waals surface area contributed by atoms with Crippen molar-refractivity contribution < 1.29 is 19.8 Å². The molecule has 0 fully saturated rings. The van der Waals surface area contributed by atoms with E-state index in [4.69, 9.17) is 10.2 Å². The van der Waals surface area contributed by atoms with Gasteiger partial charge in [0.2, 0.25) is 0 Å². The highest BCUT2D eigenvalue weighted by Crippen LogP contribution is 2.15. The van der Waals surface area contributed by atoms with Gasteiger partial charge in [-0.25, -0.2) is 0 Å². The molecule has 0 aliphatic carbocycles. The third-order valence-electron chi connectivity index (χ3n) is 2.42. The normalized spacial score (nSPS) is 13.5. The van der Waals surface area contributed by atoms with Gasteiger partial charge in [0.25, 0.3) is 0 Å². The zero-order valence-electron chi connectivity index (χ0n) is 9.90. The molecule has 0 aromatic heterocycles. The lowest BCUT2D eigenvalue weighted by molar-refractivity contribution is -0.138. The molecule has 2 N–H and O–H groups in total. The summed E-state index contributed by atoms with van der Waals surface area (Å²) in [7, 11) is 0. The van der Waals surface area contributed by atoms with Gasteiger partial charge < -0.3 is 10.2 Å². The molecule has 4 nitrogen and oxygen atoms in total. The van der Waals surface area contributed by atoms with Crippen LogP contribution < -0.4 is 0 Å². The van der Waals surface area contributed by atoms with Crippen LogP contribution in [-0.2, 0) is 9.59 Å². The molecule has 92 valence electrons. The molecule has 0 spiro atoms. The number of aliphatic carboxylic acids is 2. The Morgan fingerprint density at radius 2 is 1.88 bits per heavy atom. The molecule has 0 radical (unpaired) electrons. The summed E-state index contributed by atoms with van der Waals surface area (Å²) in [5.41, 5.74) is 1.06. The molecule has 16 heavy (non-hydrogen) atoms. The van der Waals surface area contributed by atoms with Crippen LogP contribution in [-0.4, -0.2) is 22.2 Å². The second-order valence-corrected chi connectivity index (χ2v) is 4.24. The van der Waals surface area contributed by atoms with Crippen LogP contribution in [0, 0.1) is 5.92 Å². The average Bonchev–Trinajstić information content (AvgIpc) is 2.13. The van der Waals surface area contributed by atoms with Gasteiger partial charge in [-0.2, -0.15) is 0 Å². The standard InChI is InChI=1S/C12H20O4/c1-9(6-7-11(13)14)4-3-5-10(2)8-12(15)16/h6,10H,3-5,7-8H2,1-2H3,(H,13,14)(H,15,16)/b9-6+. The molecule has 0 aliphatic heterocycles. The van der Waals surface area contributed by atoms with Crippen molar-refractivity contribution in [3.05, 3.63) is 11.6 Å². The molecule has 0 bridgehead atoms. The fourth-order valence-corrected chi connectivity index (χ4v) is 1.49. The van der Waals surface area contributed by atoms with Crippen molar-refractivity contribution in [1.29, 1.82) is 0 Å². The van der Waals surface area contributed by atoms with Crippen molar-refractivity contribution in [1.82, 2.24) is 0 Å². The number of allylic oxidation sites excluding steroid dienone is 1. The van der Waals surface area contributed by atoms with E-state index in [2.05, 4.69) is 0 Å². The summed E-state index contributed by atoms with van der Waals surface area (Å²) in [6, 6.07) is 0. The SMILES string of the molecule is C/C(=C\CC(=O)O)CCCC(C)CC(=O)O. The van der Waals surface area contributed by atoms with Crippen molar-refractivity contribution in [3.63, 3.8) is 0 Å². The minimum atomic E-state index is -0.821. The Balaban J connectivity index is 3.68. The summed E-state index contributed by atoms with van der Waals surface area (Å²) in [6.07, 6.45) is 4.61. The van der Waals surface area contributed by atoms with Crippen LogP contribution in [0.3, 0.4) is 0 Å². The van der Waals surface area contributed by atoms with Gasteiger partial charge in [-0.05, 0) is 32.1 Å². The van der Waals surface area contributed by atoms with Crippen molar-refractivity contribution in [2.75, 3.05) is 0 Å².